The van der Waals surface area contributed by atoms with Crippen molar-refractivity contribution in [3.8, 4) is 6.07 Å². The zero-order valence-corrected chi connectivity index (χ0v) is 10.3. The average Bonchev–Trinajstić information content (AvgIpc) is 2.41. The average molecular weight is 254 g/mol. The molecule has 2 rings (SSSR count). The molecule has 2 nitrogen and oxygen atoms in total. The standard InChI is InChI=1S/C15H10ClN2/c16-14-7-6-12(13(10-14)11-17)8-9-18-15-4-2-1-3-5-15/h1-9,18H. The normalized spacial score (nSPS) is 10.2. The molecule has 0 aromatic heterocycles. The number of halogens is 1. The van der Waals surface area contributed by atoms with Gasteiger partial charge >= 0.3 is 0 Å². The second-order valence-corrected chi connectivity index (χ2v) is 4.00. The first-order chi connectivity index (χ1) is 8.79. The highest BCUT2D eigenvalue weighted by Crippen LogP contribution is 2.16. The molecule has 87 valence electrons. The Balaban J connectivity index is 2.13. The third-order valence-electron chi connectivity index (χ3n) is 2.34. The fraction of sp³-hybridized carbons (Fsp3) is 0. The molecular weight excluding hydrogens is 244 g/mol. The van der Waals surface area contributed by atoms with Crippen LogP contribution >= 0.6 is 11.6 Å². The monoisotopic (exact) mass is 253 g/mol. The third-order valence-corrected chi connectivity index (χ3v) is 2.56. The molecule has 0 atom stereocenters. The number of rotatable bonds is 3. The minimum Gasteiger partial charge on any atom is -0.362 e. The van der Waals surface area contributed by atoms with Crippen LogP contribution in [0, 0.1) is 17.4 Å². The van der Waals surface area contributed by atoms with Gasteiger partial charge in [-0.25, -0.2) is 0 Å². The van der Waals surface area contributed by atoms with Crippen molar-refractivity contribution in [2.45, 2.75) is 0 Å². The Morgan fingerprint density at radius 2 is 1.94 bits per heavy atom. The summed E-state index contributed by atoms with van der Waals surface area (Å²) in [5, 5.41) is 12.5. The SMILES string of the molecule is N#Cc1[c]c(Cl)ccc1C=CNc1ccccc1. The maximum Gasteiger partial charge on any atom is 0.100 e. The van der Waals surface area contributed by atoms with Gasteiger partial charge in [-0.2, -0.15) is 5.26 Å². The molecule has 0 amide bonds. The van der Waals surface area contributed by atoms with Crippen molar-refractivity contribution in [1.29, 1.82) is 5.26 Å². The Morgan fingerprint density at radius 3 is 2.67 bits per heavy atom. The Morgan fingerprint density at radius 1 is 1.17 bits per heavy atom. The van der Waals surface area contributed by atoms with Crippen molar-refractivity contribution in [2.24, 2.45) is 0 Å². The lowest BCUT2D eigenvalue weighted by Gasteiger charge is -2.00. The van der Waals surface area contributed by atoms with Crippen LogP contribution in [-0.2, 0) is 0 Å². The molecule has 0 fully saturated rings. The summed E-state index contributed by atoms with van der Waals surface area (Å²) in [4.78, 5) is 0. The molecule has 3 heteroatoms. The van der Waals surface area contributed by atoms with Crippen molar-refractivity contribution >= 4 is 23.4 Å². The third kappa shape index (κ3) is 3.13. The number of hydrogen-bond acceptors (Lipinski definition) is 2. The fourth-order valence-corrected chi connectivity index (χ4v) is 1.63. The molecule has 0 heterocycles. The van der Waals surface area contributed by atoms with Gasteiger partial charge in [0.1, 0.15) is 6.07 Å². The van der Waals surface area contributed by atoms with E-state index in [4.69, 9.17) is 16.9 Å². The van der Waals surface area contributed by atoms with Gasteiger partial charge in [0.05, 0.1) is 5.56 Å². The first-order valence-electron chi connectivity index (χ1n) is 5.39. The Bertz CT molecular complexity index is 598. The largest absolute Gasteiger partial charge is 0.362 e. The molecule has 0 bridgehead atoms. The van der Waals surface area contributed by atoms with Gasteiger partial charge in [-0.3, -0.25) is 0 Å². The molecule has 0 aliphatic rings. The van der Waals surface area contributed by atoms with Crippen molar-refractivity contribution in [3.63, 3.8) is 0 Å². The Labute approximate surface area is 111 Å². The van der Waals surface area contributed by atoms with Crippen LogP contribution in [0.4, 0.5) is 5.69 Å². The highest BCUT2D eigenvalue weighted by molar-refractivity contribution is 6.30. The summed E-state index contributed by atoms with van der Waals surface area (Å²) in [6.45, 7) is 0. The van der Waals surface area contributed by atoms with Crippen LogP contribution in [0.2, 0.25) is 5.02 Å². The predicted molar refractivity (Wildman–Crippen MR) is 74.1 cm³/mol. The molecular formula is C15H10ClN2. The fourth-order valence-electron chi connectivity index (χ4n) is 1.47. The van der Waals surface area contributed by atoms with E-state index in [2.05, 4.69) is 17.5 Å². The van der Waals surface area contributed by atoms with E-state index in [1.54, 1.807) is 18.3 Å². The molecule has 0 saturated carbocycles. The van der Waals surface area contributed by atoms with Crippen molar-refractivity contribution < 1.29 is 0 Å². The van der Waals surface area contributed by atoms with Crippen LogP contribution in [0.25, 0.3) is 6.08 Å². The van der Waals surface area contributed by atoms with Gasteiger partial charge in [0.15, 0.2) is 0 Å². The van der Waals surface area contributed by atoms with E-state index < -0.39 is 0 Å². The zero-order chi connectivity index (χ0) is 12.8. The van der Waals surface area contributed by atoms with E-state index in [1.807, 2.05) is 36.4 Å². The van der Waals surface area contributed by atoms with Crippen LogP contribution in [0.15, 0.2) is 48.7 Å². The van der Waals surface area contributed by atoms with Crippen LogP contribution in [-0.4, -0.2) is 0 Å². The number of nitrogens with zero attached hydrogens (tertiary/aromatic N) is 1. The summed E-state index contributed by atoms with van der Waals surface area (Å²) in [5.41, 5.74) is 2.21. The van der Waals surface area contributed by atoms with Gasteiger partial charge in [0.25, 0.3) is 0 Å². The van der Waals surface area contributed by atoms with E-state index >= 15 is 0 Å². The molecule has 0 spiro atoms. The van der Waals surface area contributed by atoms with E-state index in [-0.39, 0.29) is 0 Å². The van der Waals surface area contributed by atoms with Gasteiger partial charge in [-0.15, -0.1) is 0 Å². The molecule has 0 unspecified atom stereocenters. The summed E-state index contributed by atoms with van der Waals surface area (Å²) in [6, 6.07) is 18.2. The van der Waals surface area contributed by atoms with E-state index in [0.717, 1.165) is 11.3 Å². The zero-order valence-electron chi connectivity index (χ0n) is 9.52. The lowest BCUT2D eigenvalue weighted by molar-refractivity contribution is 1.46. The maximum atomic E-state index is 8.97. The topological polar surface area (TPSA) is 35.8 Å². The second kappa shape index (κ2) is 5.90. The molecule has 1 radical (unpaired) electrons. The van der Waals surface area contributed by atoms with E-state index in [1.165, 1.54) is 0 Å². The molecule has 0 aliphatic heterocycles. The molecule has 18 heavy (non-hydrogen) atoms. The number of hydrogen-bond donors (Lipinski definition) is 1. The van der Waals surface area contributed by atoms with Gasteiger partial charge < -0.3 is 5.32 Å². The highest BCUT2D eigenvalue weighted by Gasteiger charge is 1.99. The summed E-state index contributed by atoms with van der Waals surface area (Å²) in [5.74, 6) is 0. The minimum absolute atomic E-state index is 0.439. The molecule has 2 aromatic carbocycles. The van der Waals surface area contributed by atoms with Crippen LogP contribution in [0.1, 0.15) is 11.1 Å². The number of benzene rings is 2. The molecule has 1 N–H and O–H groups in total. The molecule has 2 aromatic rings. The summed E-state index contributed by atoms with van der Waals surface area (Å²) in [7, 11) is 0. The summed E-state index contributed by atoms with van der Waals surface area (Å²) < 4.78 is 0. The molecule has 0 aliphatic carbocycles. The van der Waals surface area contributed by atoms with Crippen LogP contribution < -0.4 is 5.32 Å². The van der Waals surface area contributed by atoms with E-state index in [0.29, 0.717) is 10.6 Å². The lowest BCUT2D eigenvalue weighted by atomic mass is 10.1. The van der Waals surface area contributed by atoms with Gasteiger partial charge in [0.2, 0.25) is 0 Å². The van der Waals surface area contributed by atoms with Crippen molar-refractivity contribution in [3.05, 3.63) is 70.9 Å². The Hall–Kier alpha value is -2.24. The Kier molecular flexibility index (Phi) is 4.01. The first-order valence-corrected chi connectivity index (χ1v) is 5.77. The van der Waals surface area contributed by atoms with Gasteiger partial charge in [-0.1, -0.05) is 35.9 Å². The van der Waals surface area contributed by atoms with Gasteiger partial charge in [0, 0.05) is 23.0 Å². The quantitative estimate of drug-likeness (QED) is 0.894. The van der Waals surface area contributed by atoms with Crippen molar-refractivity contribution in [1.82, 2.24) is 0 Å². The van der Waals surface area contributed by atoms with Crippen LogP contribution in [0.3, 0.4) is 0 Å². The van der Waals surface area contributed by atoms with E-state index in [9.17, 15) is 0 Å². The molecule has 0 saturated heterocycles. The number of para-hydroxylation sites is 1. The van der Waals surface area contributed by atoms with Crippen molar-refractivity contribution in [2.75, 3.05) is 5.32 Å². The number of nitrogens with one attached hydrogen (secondary N) is 1. The van der Waals surface area contributed by atoms with Crippen LogP contribution in [0.5, 0.6) is 0 Å². The summed E-state index contributed by atoms with van der Waals surface area (Å²) in [6.07, 6.45) is 3.60. The maximum absolute atomic E-state index is 8.97. The number of anilines is 1. The van der Waals surface area contributed by atoms with Gasteiger partial charge in [-0.05, 0) is 29.8 Å². The summed E-state index contributed by atoms with van der Waals surface area (Å²) >= 11 is 5.78. The minimum atomic E-state index is 0.439. The number of nitriles is 1. The second-order valence-electron chi connectivity index (χ2n) is 3.59. The smallest absolute Gasteiger partial charge is 0.100 e. The first kappa shape index (κ1) is 12.2. The lowest BCUT2D eigenvalue weighted by Crippen LogP contribution is -1.87. The highest BCUT2D eigenvalue weighted by atomic mass is 35.5. The predicted octanol–water partition coefficient (Wildman–Crippen LogP) is 4.09.